The van der Waals surface area contributed by atoms with Gasteiger partial charge in [0.2, 0.25) is 0 Å². The molecule has 1 aliphatic heterocycles. The summed E-state index contributed by atoms with van der Waals surface area (Å²) >= 11 is 6.62. The Kier molecular flexibility index (Phi) is 3.35. The molecule has 3 heterocycles. The van der Waals surface area contributed by atoms with Crippen molar-refractivity contribution in [3.63, 3.8) is 0 Å². The summed E-state index contributed by atoms with van der Waals surface area (Å²) in [6.45, 7) is 3.92. The Morgan fingerprint density at radius 2 is 2.30 bits per heavy atom. The summed E-state index contributed by atoms with van der Waals surface area (Å²) in [5.74, 6) is -0.0201. The van der Waals surface area contributed by atoms with Crippen LogP contribution in [0.15, 0.2) is 29.4 Å². The quantitative estimate of drug-likeness (QED) is 0.684. The predicted molar refractivity (Wildman–Crippen MR) is 86.2 cm³/mol. The molecular formula is C14H13N3OS2. The van der Waals surface area contributed by atoms with E-state index in [2.05, 4.69) is 9.97 Å². The number of fused-ring (bicyclic) bond motifs is 1. The number of rotatable bonds is 2. The Bertz CT molecular complexity index is 733. The van der Waals surface area contributed by atoms with Crippen molar-refractivity contribution in [1.29, 1.82) is 0 Å². The highest BCUT2D eigenvalue weighted by atomic mass is 32.2. The molecule has 3 rings (SSSR count). The van der Waals surface area contributed by atoms with E-state index in [0.29, 0.717) is 9.23 Å². The molecule has 1 N–H and O–H groups in total. The van der Waals surface area contributed by atoms with E-state index in [1.54, 1.807) is 11.1 Å². The van der Waals surface area contributed by atoms with Crippen LogP contribution in [0, 0.1) is 0 Å². The zero-order valence-electron chi connectivity index (χ0n) is 11.1. The second kappa shape index (κ2) is 5.03. The molecule has 2 aromatic heterocycles. The molecule has 2 aromatic rings. The third-order valence-corrected chi connectivity index (χ3v) is 4.44. The number of pyridine rings is 1. The normalized spacial score (nSPS) is 17.9. The molecule has 0 aliphatic carbocycles. The van der Waals surface area contributed by atoms with Gasteiger partial charge in [0, 0.05) is 29.4 Å². The van der Waals surface area contributed by atoms with Crippen LogP contribution in [-0.2, 0) is 4.79 Å². The maximum absolute atomic E-state index is 12.3. The van der Waals surface area contributed by atoms with Crippen LogP contribution in [0.25, 0.3) is 17.1 Å². The average molecular weight is 303 g/mol. The van der Waals surface area contributed by atoms with Crippen LogP contribution in [0.5, 0.6) is 0 Å². The molecule has 4 nitrogen and oxygen atoms in total. The highest BCUT2D eigenvalue weighted by molar-refractivity contribution is 8.26. The fraction of sp³-hybridized carbons (Fsp3) is 0.214. The predicted octanol–water partition coefficient (Wildman–Crippen LogP) is 3.17. The fourth-order valence-corrected chi connectivity index (χ4v) is 3.68. The van der Waals surface area contributed by atoms with Crippen molar-refractivity contribution in [3.05, 3.63) is 35.0 Å². The molecule has 0 unspecified atom stereocenters. The molecule has 0 saturated carbocycles. The fourth-order valence-electron chi connectivity index (χ4n) is 2.16. The molecule has 1 amide bonds. The van der Waals surface area contributed by atoms with Crippen molar-refractivity contribution in [3.8, 4) is 0 Å². The maximum atomic E-state index is 12.3. The van der Waals surface area contributed by atoms with E-state index >= 15 is 0 Å². The molecular weight excluding hydrogens is 290 g/mol. The van der Waals surface area contributed by atoms with Crippen LogP contribution >= 0.6 is 24.0 Å². The maximum Gasteiger partial charge on any atom is 0.266 e. The van der Waals surface area contributed by atoms with Gasteiger partial charge in [-0.2, -0.15) is 0 Å². The van der Waals surface area contributed by atoms with Crippen LogP contribution < -0.4 is 0 Å². The van der Waals surface area contributed by atoms with Gasteiger partial charge in [0.05, 0.1) is 4.91 Å². The van der Waals surface area contributed by atoms with E-state index in [1.165, 1.54) is 11.8 Å². The molecule has 0 bridgehead atoms. The van der Waals surface area contributed by atoms with E-state index in [-0.39, 0.29) is 11.9 Å². The Labute approximate surface area is 126 Å². The minimum Gasteiger partial charge on any atom is -0.346 e. The van der Waals surface area contributed by atoms with Gasteiger partial charge in [0.1, 0.15) is 9.97 Å². The molecule has 6 heteroatoms. The first kappa shape index (κ1) is 13.3. The summed E-state index contributed by atoms with van der Waals surface area (Å²) in [6.07, 6.45) is 5.47. The summed E-state index contributed by atoms with van der Waals surface area (Å²) in [5, 5.41) is 1.00. The lowest BCUT2D eigenvalue weighted by Crippen LogP contribution is -2.34. The number of H-pyrrole nitrogens is 1. The van der Waals surface area contributed by atoms with E-state index in [1.807, 2.05) is 38.3 Å². The summed E-state index contributed by atoms with van der Waals surface area (Å²) in [7, 11) is 0. The van der Waals surface area contributed by atoms with E-state index < -0.39 is 0 Å². The smallest absolute Gasteiger partial charge is 0.266 e. The summed E-state index contributed by atoms with van der Waals surface area (Å²) in [6, 6.07) is 3.94. The number of hydrogen-bond acceptors (Lipinski definition) is 4. The minimum absolute atomic E-state index is 0.0201. The molecule has 0 aromatic carbocycles. The number of hydrogen-bond donors (Lipinski definition) is 1. The van der Waals surface area contributed by atoms with Crippen molar-refractivity contribution in [2.45, 2.75) is 19.9 Å². The average Bonchev–Trinajstić information content (AvgIpc) is 2.93. The number of nitrogens with zero attached hydrogens (tertiary/aromatic N) is 2. The Hall–Kier alpha value is -1.66. The molecule has 0 radical (unpaired) electrons. The monoisotopic (exact) mass is 303 g/mol. The van der Waals surface area contributed by atoms with Crippen molar-refractivity contribution < 1.29 is 4.79 Å². The number of aromatic nitrogens is 2. The summed E-state index contributed by atoms with van der Waals surface area (Å²) < 4.78 is 0.620. The number of nitrogens with one attached hydrogen (secondary N) is 1. The zero-order chi connectivity index (χ0) is 14.3. The van der Waals surface area contributed by atoms with Gasteiger partial charge in [0.25, 0.3) is 5.91 Å². The van der Waals surface area contributed by atoms with Gasteiger partial charge < -0.3 is 4.98 Å². The second-order valence-corrected chi connectivity index (χ2v) is 6.46. The first-order chi connectivity index (χ1) is 9.58. The lowest BCUT2D eigenvalue weighted by Gasteiger charge is -2.18. The lowest BCUT2D eigenvalue weighted by molar-refractivity contribution is -0.123. The highest BCUT2D eigenvalue weighted by Gasteiger charge is 2.33. The van der Waals surface area contributed by atoms with Crippen LogP contribution in [0.1, 0.15) is 19.4 Å². The van der Waals surface area contributed by atoms with Gasteiger partial charge >= 0.3 is 0 Å². The van der Waals surface area contributed by atoms with Gasteiger partial charge in [-0.1, -0.05) is 24.0 Å². The summed E-state index contributed by atoms with van der Waals surface area (Å²) in [4.78, 5) is 22.0. The molecule has 20 heavy (non-hydrogen) atoms. The Balaban J connectivity index is 2.01. The van der Waals surface area contributed by atoms with Gasteiger partial charge in [0.15, 0.2) is 0 Å². The van der Waals surface area contributed by atoms with Crippen molar-refractivity contribution in [2.75, 3.05) is 0 Å². The third kappa shape index (κ3) is 2.14. The van der Waals surface area contributed by atoms with Crippen molar-refractivity contribution >= 4 is 51.3 Å². The Morgan fingerprint density at radius 1 is 1.50 bits per heavy atom. The molecule has 102 valence electrons. The SMILES string of the molecule is CC(C)N1C(=O)/C(=C/c2c[nH]c3ncccc23)SC1=S. The topological polar surface area (TPSA) is 49.0 Å². The van der Waals surface area contributed by atoms with Crippen LogP contribution in [0.2, 0.25) is 0 Å². The number of thiocarbonyl (C=S) groups is 1. The van der Waals surface area contributed by atoms with Crippen molar-refractivity contribution in [1.82, 2.24) is 14.9 Å². The number of thioether (sulfide) groups is 1. The number of carbonyl (C=O) groups excluding carboxylic acids is 1. The first-order valence-corrected chi connectivity index (χ1v) is 7.49. The Morgan fingerprint density at radius 3 is 3.00 bits per heavy atom. The molecule has 1 saturated heterocycles. The zero-order valence-corrected chi connectivity index (χ0v) is 12.7. The van der Waals surface area contributed by atoms with Crippen molar-refractivity contribution in [2.24, 2.45) is 0 Å². The second-order valence-electron chi connectivity index (χ2n) is 4.79. The number of aromatic amines is 1. The van der Waals surface area contributed by atoms with Gasteiger partial charge in [-0.25, -0.2) is 4.98 Å². The van der Waals surface area contributed by atoms with Crippen LogP contribution in [0.3, 0.4) is 0 Å². The van der Waals surface area contributed by atoms with E-state index in [9.17, 15) is 4.79 Å². The van der Waals surface area contributed by atoms with E-state index in [4.69, 9.17) is 12.2 Å². The molecule has 1 fully saturated rings. The largest absolute Gasteiger partial charge is 0.346 e. The first-order valence-electron chi connectivity index (χ1n) is 6.27. The molecule has 0 spiro atoms. The number of carbonyl (C=O) groups is 1. The molecule has 0 atom stereocenters. The van der Waals surface area contributed by atoms with Crippen LogP contribution in [-0.4, -0.2) is 31.1 Å². The third-order valence-electron chi connectivity index (χ3n) is 3.11. The van der Waals surface area contributed by atoms with Gasteiger partial charge in [-0.05, 0) is 32.1 Å². The summed E-state index contributed by atoms with van der Waals surface area (Å²) in [5.41, 5.74) is 1.77. The van der Waals surface area contributed by atoms with Gasteiger partial charge in [-0.15, -0.1) is 0 Å². The lowest BCUT2D eigenvalue weighted by atomic mass is 10.2. The van der Waals surface area contributed by atoms with Crippen LogP contribution in [0.4, 0.5) is 0 Å². The minimum atomic E-state index is -0.0201. The standard InChI is InChI=1S/C14H13N3OS2/c1-8(2)17-13(18)11(20-14(17)19)6-9-7-16-12-10(9)4-3-5-15-12/h3-8H,1-2H3,(H,15,16)/b11-6-. The highest BCUT2D eigenvalue weighted by Crippen LogP contribution is 2.34. The van der Waals surface area contributed by atoms with Gasteiger partial charge in [-0.3, -0.25) is 9.69 Å². The van der Waals surface area contributed by atoms with E-state index in [0.717, 1.165) is 16.6 Å². The number of amides is 1. The molecule has 1 aliphatic rings.